The minimum atomic E-state index is -4.81. The number of carbonyl (C=O) groups is 2. The van der Waals surface area contributed by atoms with Crippen molar-refractivity contribution < 1.29 is 54.0 Å². The number of hydrogen-bond donors (Lipinski definition) is 4. The number of fused-ring (bicyclic) bond motifs is 1. The fraction of sp³-hybridized carbons (Fsp3) is 0.393. The van der Waals surface area contributed by atoms with E-state index in [0.29, 0.717) is 0 Å². The highest BCUT2D eigenvalue weighted by Gasteiger charge is 2.41. The van der Waals surface area contributed by atoms with Crippen molar-refractivity contribution in [1.82, 2.24) is 30.7 Å². The summed E-state index contributed by atoms with van der Waals surface area (Å²) >= 11 is 0. The molecule has 0 bridgehead atoms. The molecule has 1 aliphatic carbocycles. The molecule has 0 aliphatic heterocycles. The first-order valence-corrected chi connectivity index (χ1v) is 14.0. The number of carbonyl (C=O) groups excluding carboxylic acids is 2. The van der Waals surface area contributed by atoms with E-state index in [-0.39, 0.29) is 66.2 Å². The van der Waals surface area contributed by atoms with E-state index >= 15 is 0 Å². The molecule has 0 unspecified atom stereocenters. The van der Waals surface area contributed by atoms with Crippen molar-refractivity contribution in [2.24, 2.45) is 5.92 Å². The molecular formula is C28H25F8N7O4. The second-order valence-corrected chi connectivity index (χ2v) is 10.6. The minimum Gasteiger partial charge on any atom is -0.471 e. The summed E-state index contributed by atoms with van der Waals surface area (Å²) in [6, 6.07) is 4.84. The summed E-state index contributed by atoms with van der Waals surface area (Å²) in [5.74, 6) is -3.94. The molecule has 252 valence electrons. The van der Waals surface area contributed by atoms with Crippen molar-refractivity contribution in [3.05, 3.63) is 59.0 Å². The number of benzene rings is 1. The van der Waals surface area contributed by atoms with Crippen LogP contribution in [0.15, 0.2) is 41.1 Å². The molecule has 0 saturated heterocycles. The standard InChI is InChI=1S/C28H25F8N7O4/c29-21(30)12-46-25-16(23(44)39-15-4-2-14(3-5-15)27(31,32)33)10-19-22(42-25)43-26(41-19)40-18-9-13(1-6-17(18)28(34,35)36)11-37-24(45)20-7-8-38-47-20/h1,6-10,14-15,21H,2-5,11-12H2,(H,37,45)(H,39,44)(H2,40,41,42,43)/t14-,15+. The van der Waals surface area contributed by atoms with Crippen molar-refractivity contribution >= 4 is 34.6 Å². The first-order chi connectivity index (χ1) is 22.2. The summed E-state index contributed by atoms with van der Waals surface area (Å²) in [4.78, 5) is 36.0. The van der Waals surface area contributed by atoms with Crippen LogP contribution in [0.25, 0.3) is 11.2 Å². The quantitative estimate of drug-likeness (QED) is 0.147. The number of halogens is 8. The molecule has 1 aliphatic rings. The number of nitrogens with one attached hydrogen (secondary N) is 4. The van der Waals surface area contributed by atoms with Gasteiger partial charge in [0, 0.05) is 18.7 Å². The van der Waals surface area contributed by atoms with Gasteiger partial charge in [0.05, 0.1) is 23.4 Å². The van der Waals surface area contributed by atoms with E-state index < -0.39 is 66.3 Å². The fourth-order valence-corrected chi connectivity index (χ4v) is 5.01. The lowest BCUT2D eigenvalue weighted by atomic mass is 9.85. The SMILES string of the molecule is O=C(NCc1ccc(C(F)(F)F)c(Nc2nc3cc(C(=O)N[C@H]4CC[C@@H](C(F)(F)F)CC4)c(OCC(F)F)nc3[nH]2)c1)c1ccno1. The maximum absolute atomic E-state index is 13.9. The summed E-state index contributed by atoms with van der Waals surface area (Å²) in [6.45, 7) is -1.33. The van der Waals surface area contributed by atoms with Gasteiger partial charge in [-0.15, -0.1) is 0 Å². The van der Waals surface area contributed by atoms with Crippen LogP contribution in [0.4, 0.5) is 46.8 Å². The Bertz CT molecular complexity index is 1720. The number of imidazole rings is 1. The first-order valence-electron chi connectivity index (χ1n) is 14.0. The van der Waals surface area contributed by atoms with Crippen LogP contribution in [-0.2, 0) is 12.7 Å². The normalized spacial score (nSPS) is 17.1. The number of alkyl halides is 8. The lowest BCUT2D eigenvalue weighted by Gasteiger charge is -2.30. The van der Waals surface area contributed by atoms with Gasteiger partial charge in [0.2, 0.25) is 17.6 Å². The molecule has 3 heterocycles. The van der Waals surface area contributed by atoms with E-state index in [2.05, 4.69) is 36.1 Å². The second-order valence-electron chi connectivity index (χ2n) is 10.6. The van der Waals surface area contributed by atoms with Crippen LogP contribution in [0.5, 0.6) is 5.88 Å². The summed E-state index contributed by atoms with van der Waals surface area (Å²) in [5, 5.41) is 11.0. The number of rotatable bonds is 10. The molecule has 0 radical (unpaired) electrons. The molecule has 5 rings (SSSR count). The van der Waals surface area contributed by atoms with Gasteiger partial charge in [0.15, 0.2) is 12.3 Å². The third-order valence-corrected chi connectivity index (χ3v) is 7.31. The van der Waals surface area contributed by atoms with E-state index in [9.17, 15) is 44.7 Å². The molecule has 2 amide bonds. The Labute approximate surface area is 259 Å². The Morgan fingerprint density at radius 2 is 1.74 bits per heavy atom. The van der Waals surface area contributed by atoms with Gasteiger partial charge in [-0.1, -0.05) is 11.2 Å². The van der Waals surface area contributed by atoms with Crippen molar-refractivity contribution in [2.75, 3.05) is 11.9 Å². The van der Waals surface area contributed by atoms with Gasteiger partial charge in [0.25, 0.3) is 18.2 Å². The van der Waals surface area contributed by atoms with E-state index in [1.165, 1.54) is 12.3 Å². The number of hydrogen-bond acceptors (Lipinski definition) is 8. The molecule has 4 aromatic rings. The molecule has 11 nitrogen and oxygen atoms in total. The second kappa shape index (κ2) is 13.4. The van der Waals surface area contributed by atoms with Crippen LogP contribution in [0.3, 0.4) is 0 Å². The molecular weight excluding hydrogens is 650 g/mol. The maximum Gasteiger partial charge on any atom is 0.418 e. The van der Waals surface area contributed by atoms with Crippen LogP contribution in [-0.4, -0.2) is 57.2 Å². The van der Waals surface area contributed by atoms with Gasteiger partial charge in [-0.2, -0.15) is 31.3 Å². The van der Waals surface area contributed by atoms with Crippen LogP contribution in [0.1, 0.15) is 57.7 Å². The minimum absolute atomic E-state index is 0.0274. The largest absolute Gasteiger partial charge is 0.471 e. The van der Waals surface area contributed by atoms with Crippen LogP contribution >= 0.6 is 0 Å². The molecule has 1 aromatic carbocycles. The molecule has 3 aromatic heterocycles. The average molecular weight is 676 g/mol. The smallest absolute Gasteiger partial charge is 0.418 e. The summed E-state index contributed by atoms with van der Waals surface area (Å²) in [7, 11) is 0. The zero-order valence-corrected chi connectivity index (χ0v) is 23.9. The summed E-state index contributed by atoms with van der Waals surface area (Å²) < 4.78 is 116. The highest BCUT2D eigenvalue weighted by Crippen LogP contribution is 2.38. The van der Waals surface area contributed by atoms with Gasteiger partial charge >= 0.3 is 12.4 Å². The Kier molecular flexibility index (Phi) is 9.53. The van der Waals surface area contributed by atoms with E-state index in [1.54, 1.807) is 0 Å². The van der Waals surface area contributed by atoms with E-state index in [0.717, 1.165) is 24.3 Å². The molecule has 1 fully saturated rings. The highest BCUT2D eigenvalue weighted by atomic mass is 19.4. The average Bonchev–Trinajstić information content (AvgIpc) is 3.67. The van der Waals surface area contributed by atoms with Crippen molar-refractivity contribution in [1.29, 1.82) is 0 Å². The van der Waals surface area contributed by atoms with Crippen LogP contribution in [0.2, 0.25) is 0 Å². The van der Waals surface area contributed by atoms with Gasteiger partial charge in [0.1, 0.15) is 11.1 Å². The van der Waals surface area contributed by atoms with Crippen molar-refractivity contribution in [2.45, 2.75) is 57.0 Å². The molecule has 1 saturated carbocycles. The van der Waals surface area contributed by atoms with Gasteiger partial charge in [-0.25, -0.2) is 13.8 Å². The molecule has 19 heteroatoms. The lowest BCUT2D eigenvalue weighted by Crippen LogP contribution is -2.40. The van der Waals surface area contributed by atoms with Crippen molar-refractivity contribution in [3.63, 3.8) is 0 Å². The number of aromatic nitrogens is 4. The van der Waals surface area contributed by atoms with Crippen LogP contribution < -0.4 is 20.7 Å². The Morgan fingerprint density at radius 1 is 1.00 bits per heavy atom. The number of H-pyrrole nitrogens is 1. The maximum atomic E-state index is 13.9. The zero-order chi connectivity index (χ0) is 33.9. The van der Waals surface area contributed by atoms with Crippen molar-refractivity contribution in [3.8, 4) is 5.88 Å². The molecule has 47 heavy (non-hydrogen) atoms. The van der Waals surface area contributed by atoms with Gasteiger partial charge < -0.3 is 30.2 Å². The number of anilines is 2. The topological polar surface area (TPSA) is 147 Å². The predicted octanol–water partition coefficient (Wildman–Crippen LogP) is 6.13. The predicted molar refractivity (Wildman–Crippen MR) is 147 cm³/mol. The Balaban J connectivity index is 1.38. The molecule has 4 N–H and O–H groups in total. The van der Waals surface area contributed by atoms with E-state index in [1.807, 2.05) is 0 Å². The number of nitrogens with zero attached hydrogens (tertiary/aromatic N) is 3. The monoisotopic (exact) mass is 675 g/mol. The Morgan fingerprint density at radius 3 is 2.38 bits per heavy atom. The summed E-state index contributed by atoms with van der Waals surface area (Å²) in [5.41, 5.74) is -1.85. The number of pyridine rings is 1. The van der Waals surface area contributed by atoms with Gasteiger partial charge in [-0.05, 0) is 49.4 Å². The van der Waals surface area contributed by atoms with Crippen LogP contribution in [0, 0.1) is 5.92 Å². The molecule has 0 atom stereocenters. The number of aromatic amines is 1. The number of ether oxygens (including phenoxy) is 1. The first kappa shape index (κ1) is 33.4. The zero-order valence-electron chi connectivity index (χ0n) is 23.9. The molecule has 0 spiro atoms. The third kappa shape index (κ3) is 8.25. The lowest BCUT2D eigenvalue weighted by molar-refractivity contribution is -0.182. The third-order valence-electron chi connectivity index (χ3n) is 7.31. The fourth-order valence-electron chi connectivity index (χ4n) is 5.01. The highest BCUT2D eigenvalue weighted by molar-refractivity contribution is 5.99. The summed E-state index contributed by atoms with van der Waals surface area (Å²) in [6.07, 6.45) is -11.2. The number of amides is 2. The van der Waals surface area contributed by atoms with Gasteiger partial charge in [-0.3, -0.25) is 9.59 Å². The van der Waals surface area contributed by atoms with E-state index in [4.69, 9.17) is 9.26 Å². The Hall–Kier alpha value is -4.97.